The number of aromatic hydroxyl groups is 1. The van der Waals surface area contributed by atoms with Gasteiger partial charge in [0.25, 0.3) is 0 Å². The van der Waals surface area contributed by atoms with Crippen molar-refractivity contribution in [2.24, 2.45) is 5.73 Å². The van der Waals surface area contributed by atoms with Crippen LogP contribution in [-0.4, -0.2) is 48.7 Å². The van der Waals surface area contributed by atoms with Gasteiger partial charge in [-0.15, -0.1) is 0 Å². The second kappa shape index (κ2) is 9.99. The number of imidazole rings is 1. The summed E-state index contributed by atoms with van der Waals surface area (Å²) in [4.78, 5) is 22.9. The van der Waals surface area contributed by atoms with Gasteiger partial charge < -0.3 is 20.7 Å². The zero-order valence-electron chi connectivity index (χ0n) is 21.5. The minimum absolute atomic E-state index is 0.147. The summed E-state index contributed by atoms with van der Waals surface area (Å²) < 4.78 is 14.0. The average molecular weight is 525 g/mol. The van der Waals surface area contributed by atoms with E-state index >= 15 is 0 Å². The molecule has 2 aromatic heterocycles. The zero-order chi connectivity index (χ0) is 27.1. The van der Waals surface area contributed by atoms with Gasteiger partial charge in [0.1, 0.15) is 17.3 Å². The Morgan fingerprint density at radius 2 is 2.00 bits per heavy atom. The molecule has 0 spiro atoms. The lowest BCUT2D eigenvalue weighted by atomic mass is 9.97. The van der Waals surface area contributed by atoms with Gasteiger partial charge in [-0.2, -0.15) is 5.10 Å². The van der Waals surface area contributed by atoms with Gasteiger partial charge in [-0.25, -0.2) is 9.37 Å². The van der Waals surface area contributed by atoms with E-state index in [-0.39, 0.29) is 23.9 Å². The van der Waals surface area contributed by atoms with Crippen LogP contribution in [0.4, 0.5) is 4.39 Å². The summed E-state index contributed by atoms with van der Waals surface area (Å²) in [5.41, 5.74) is 13.1. The molecule has 8 nitrogen and oxygen atoms in total. The highest BCUT2D eigenvalue weighted by atomic mass is 19.1. The zero-order valence-corrected chi connectivity index (χ0v) is 21.5. The van der Waals surface area contributed by atoms with Crippen LogP contribution >= 0.6 is 0 Å². The number of carbonyl (C=O) groups is 1. The van der Waals surface area contributed by atoms with E-state index in [1.165, 1.54) is 6.07 Å². The molecule has 6 rings (SSSR count). The third-order valence-corrected chi connectivity index (χ3v) is 7.43. The number of carbonyl (C=O) groups excluding carboxylic acids is 1. The lowest BCUT2D eigenvalue weighted by Crippen LogP contribution is -2.46. The predicted octanol–water partition coefficient (Wildman–Crippen LogP) is 4.48. The van der Waals surface area contributed by atoms with Crippen LogP contribution < -0.4 is 5.73 Å². The fourth-order valence-corrected chi connectivity index (χ4v) is 5.34. The second-order valence-electron chi connectivity index (χ2n) is 9.95. The maximum absolute atomic E-state index is 14.0. The fraction of sp³-hybridized carbons (Fsp3) is 0.233. The SMILES string of the molecule is CCc1cc(O)ccc1-c1ccc2c(-c3nc4c([nH]3)CN(C(=O)[C@@H](N)Cc3ccccc3F)CC4)n[nH]c2c1. The lowest BCUT2D eigenvalue weighted by Gasteiger charge is -2.28. The summed E-state index contributed by atoms with van der Waals surface area (Å²) in [7, 11) is 0. The number of nitrogens with two attached hydrogens (primary N) is 1. The van der Waals surface area contributed by atoms with Gasteiger partial charge >= 0.3 is 0 Å². The minimum atomic E-state index is -0.822. The first-order valence-corrected chi connectivity index (χ1v) is 13.1. The van der Waals surface area contributed by atoms with Crippen molar-refractivity contribution in [3.05, 3.63) is 89.0 Å². The molecule has 0 bridgehead atoms. The van der Waals surface area contributed by atoms with E-state index in [2.05, 4.69) is 28.2 Å². The summed E-state index contributed by atoms with van der Waals surface area (Å²) >= 11 is 0. The number of aryl methyl sites for hydroxylation is 1. The number of hydrogen-bond acceptors (Lipinski definition) is 5. The average Bonchev–Trinajstić information content (AvgIpc) is 3.56. The van der Waals surface area contributed by atoms with E-state index in [4.69, 9.17) is 10.7 Å². The van der Waals surface area contributed by atoms with Crippen molar-refractivity contribution in [2.75, 3.05) is 6.54 Å². The molecule has 0 unspecified atom stereocenters. The number of aromatic amines is 2. The van der Waals surface area contributed by atoms with Crippen LogP contribution in [0.5, 0.6) is 5.75 Å². The second-order valence-corrected chi connectivity index (χ2v) is 9.95. The first kappa shape index (κ1) is 24.8. The van der Waals surface area contributed by atoms with Crippen LogP contribution in [0, 0.1) is 5.82 Å². The number of fused-ring (bicyclic) bond motifs is 2. The standard InChI is InChI=1S/C30H29FN6O2/c1-2-17-13-20(38)8-10-21(17)18-7-9-22-26(15-18)35-36-28(22)29-33-25-11-12-37(16-27(25)34-29)30(39)24(32)14-19-5-3-4-6-23(19)31/h3-10,13,15,24,38H,2,11-12,14,16,32H2,1H3,(H,33,34)(H,35,36)/t24-/m0/s1. The third-order valence-electron chi connectivity index (χ3n) is 7.43. The van der Waals surface area contributed by atoms with Crippen molar-refractivity contribution in [2.45, 2.75) is 38.8 Å². The maximum Gasteiger partial charge on any atom is 0.240 e. The normalized spacial score (nSPS) is 14.0. The van der Waals surface area contributed by atoms with Gasteiger partial charge in [-0.05, 0) is 65.4 Å². The first-order chi connectivity index (χ1) is 18.9. The van der Waals surface area contributed by atoms with Crippen molar-refractivity contribution in [1.82, 2.24) is 25.1 Å². The summed E-state index contributed by atoms with van der Waals surface area (Å²) in [6.45, 7) is 2.92. The van der Waals surface area contributed by atoms with Gasteiger partial charge in [0, 0.05) is 18.4 Å². The number of phenols is 1. The Labute approximate surface area is 224 Å². The van der Waals surface area contributed by atoms with Crippen molar-refractivity contribution in [3.63, 3.8) is 0 Å². The molecule has 0 fully saturated rings. The molecule has 39 heavy (non-hydrogen) atoms. The van der Waals surface area contributed by atoms with E-state index in [1.807, 2.05) is 18.2 Å². The van der Waals surface area contributed by atoms with Gasteiger partial charge in [0.05, 0.1) is 29.5 Å². The van der Waals surface area contributed by atoms with E-state index in [1.54, 1.807) is 35.2 Å². The largest absolute Gasteiger partial charge is 0.508 e. The quantitative estimate of drug-likeness (QED) is 0.261. The number of H-pyrrole nitrogens is 2. The summed E-state index contributed by atoms with van der Waals surface area (Å²) in [5.74, 6) is 0.336. The molecule has 0 aliphatic carbocycles. The molecule has 0 saturated heterocycles. The number of nitrogens with one attached hydrogen (secondary N) is 2. The molecule has 0 radical (unpaired) electrons. The highest BCUT2D eigenvalue weighted by Gasteiger charge is 2.28. The Morgan fingerprint density at radius 1 is 1.15 bits per heavy atom. The van der Waals surface area contributed by atoms with Crippen molar-refractivity contribution in [3.8, 4) is 28.4 Å². The number of phenolic OH excluding ortho intramolecular Hbond substituents is 1. The van der Waals surface area contributed by atoms with E-state index in [0.717, 1.165) is 45.4 Å². The van der Waals surface area contributed by atoms with Crippen LogP contribution in [0.2, 0.25) is 0 Å². The van der Waals surface area contributed by atoms with Crippen molar-refractivity contribution < 1.29 is 14.3 Å². The topological polar surface area (TPSA) is 124 Å². The number of halogens is 1. The highest BCUT2D eigenvalue weighted by Crippen LogP contribution is 2.33. The molecule has 3 heterocycles. The Kier molecular flexibility index (Phi) is 6.36. The Morgan fingerprint density at radius 3 is 2.82 bits per heavy atom. The van der Waals surface area contributed by atoms with Gasteiger partial charge in [0.2, 0.25) is 5.91 Å². The van der Waals surface area contributed by atoms with Gasteiger partial charge in [-0.1, -0.05) is 37.3 Å². The molecule has 5 N–H and O–H groups in total. The Balaban J connectivity index is 1.22. The molecule has 1 aliphatic rings. The summed E-state index contributed by atoms with van der Waals surface area (Å²) in [6.07, 6.45) is 1.55. The minimum Gasteiger partial charge on any atom is -0.508 e. The third kappa shape index (κ3) is 4.66. The van der Waals surface area contributed by atoms with Crippen LogP contribution in [0.3, 0.4) is 0 Å². The monoisotopic (exact) mass is 524 g/mol. The summed E-state index contributed by atoms with van der Waals surface area (Å²) in [6, 6.07) is 17.1. The number of nitrogens with zero attached hydrogens (tertiary/aromatic N) is 3. The highest BCUT2D eigenvalue weighted by molar-refractivity contribution is 5.94. The smallest absolute Gasteiger partial charge is 0.240 e. The number of amides is 1. The molecular weight excluding hydrogens is 495 g/mol. The molecule has 1 atom stereocenters. The van der Waals surface area contributed by atoms with Crippen molar-refractivity contribution >= 4 is 16.8 Å². The number of rotatable bonds is 6. The van der Waals surface area contributed by atoms with Crippen LogP contribution in [-0.2, 0) is 30.6 Å². The first-order valence-electron chi connectivity index (χ1n) is 13.1. The van der Waals surface area contributed by atoms with Crippen LogP contribution in [0.15, 0.2) is 60.7 Å². The Bertz CT molecular complexity index is 1690. The van der Waals surface area contributed by atoms with Crippen LogP contribution in [0.25, 0.3) is 33.5 Å². The molecule has 9 heteroatoms. The molecule has 1 amide bonds. The molecular formula is C30H29FN6O2. The fourth-order valence-electron chi connectivity index (χ4n) is 5.34. The summed E-state index contributed by atoms with van der Waals surface area (Å²) in [5, 5.41) is 18.5. The van der Waals surface area contributed by atoms with E-state index < -0.39 is 6.04 Å². The number of aromatic nitrogens is 4. The molecule has 5 aromatic rings. The molecule has 3 aromatic carbocycles. The van der Waals surface area contributed by atoms with Gasteiger partial charge in [0.15, 0.2) is 5.82 Å². The molecule has 0 saturated carbocycles. The van der Waals surface area contributed by atoms with E-state index in [0.29, 0.717) is 36.6 Å². The van der Waals surface area contributed by atoms with E-state index in [9.17, 15) is 14.3 Å². The van der Waals surface area contributed by atoms with Crippen molar-refractivity contribution in [1.29, 1.82) is 0 Å². The molecule has 1 aliphatic heterocycles. The van der Waals surface area contributed by atoms with Gasteiger partial charge in [-0.3, -0.25) is 9.89 Å². The Hall–Kier alpha value is -4.50. The number of hydrogen-bond donors (Lipinski definition) is 4. The molecule has 198 valence electrons. The van der Waals surface area contributed by atoms with Crippen LogP contribution in [0.1, 0.15) is 29.4 Å². The maximum atomic E-state index is 14.0. The number of benzene rings is 3. The lowest BCUT2D eigenvalue weighted by molar-refractivity contribution is -0.133. The predicted molar refractivity (Wildman–Crippen MR) is 147 cm³/mol.